The van der Waals surface area contributed by atoms with Crippen LogP contribution in [0.5, 0.6) is 0 Å². The number of benzene rings is 2. The molecule has 5 nitrogen and oxygen atoms in total. The number of hydrogen-bond acceptors (Lipinski definition) is 2. The molecule has 130 valence electrons. The summed E-state index contributed by atoms with van der Waals surface area (Å²) in [5, 5.41) is 3.05. The summed E-state index contributed by atoms with van der Waals surface area (Å²) < 4.78 is 0. The Morgan fingerprint density at radius 3 is 2.80 bits per heavy atom. The van der Waals surface area contributed by atoms with E-state index in [4.69, 9.17) is 5.73 Å². The van der Waals surface area contributed by atoms with E-state index < -0.39 is 0 Å². The van der Waals surface area contributed by atoms with Gasteiger partial charge in [0.05, 0.1) is 0 Å². The Bertz CT molecular complexity index is 785. The van der Waals surface area contributed by atoms with Crippen molar-refractivity contribution in [2.75, 3.05) is 18.4 Å². The zero-order valence-electron chi connectivity index (χ0n) is 14.5. The van der Waals surface area contributed by atoms with Crippen LogP contribution in [0.15, 0.2) is 53.5 Å². The van der Waals surface area contributed by atoms with Gasteiger partial charge in [-0.15, -0.1) is 0 Å². The van der Waals surface area contributed by atoms with Crippen LogP contribution >= 0.6 is 0 Å². The quantitative estimate of drug-likeness (QED) is 0.666. The van der Waals surface area contributed by atoms with Crippen molar-refractivity contribution >= 4 is 17.6 Å². The number of nitrogens with two attached hydrogens (primary N) is 1. The summed E-state index contributed by atoms with van der Waals surface area (Å²) >= 11 is 0. The minimum absolute atomic E-state index is 0.00145. The van der Waals surface area contributed by atoms with E-state index in [1.54, 1.807) is 0 Å². The molecule has 0 radical (unpaired) electrons. The van der Waals surface area contributed by atoms with Gasteiger partial charge in [-0.2, -0.15) is 0 Å². The van der Waals surface area contributed by atoms with Gasteiger partial charge in [0.25, 0.3) is 0 Å². The SMILES string of the molecule is CCc1cccc(NC(N)=NCC(=O)N2CCc3ccccc3C2)c1. The third-order valence-electron chi connectivity index (χ3n) is 4.48. The van der Waals surface area contributed by atoms with Crippen molar-refractivity contribution in [2.45, 2.75) is 26.3 Å². The Kier molecular flexibility index (Phi) is 5.33. The monoisotopic (exact) mass is 336 g/mol. The van der Waals surface area contributed by atoms with Gasteiger partial charge in [0, 0.05) is 18.8 Å². The van der Waals surface area contributed by atoms with Crippen LogP contribution in [0, 0.1) is 0 Å². The maximum atomic E-state index is 12.4. The molecule has 1 aliphatic rings. The number of fused-ring (bicyclic) bond motifs is 1. The standard InChI is InChI=1S/C20H24N4O/c1-2-15-6-5-9-18(12-15)23-20(21)22-13-19(25)24-11-10-16-7-3-4-8-17(16)14-24/h3-9,12H,2,10-11,13-14H2,1H3,(H3,21,22,23). The lowest BCUT2D eigenvalue weighted by atomic mass is 10.00. The molecule has 0 saturated heterocycles. The van der Waals surface area contributed by atoms with E-state index in [9.17, 15) is 4.79 Å². The molecule has 3 rings (SSSR count). The van der Waals surface area contributed by atoms with E-state index >= 15 is 0 Å². The molecule has 0 aromatic heterocycles. The minimum atomic E-state index is 0.00145. The van der Waals surface area contributed by atoms with Gasteiger partial charge in [-0.3, -0.25) is 4.79 Å². The highest BCUT2D eigenvalue weighted by atomic mass is 16.2. The number of aryl methyl sites for hydroxylation is 1. The minimum Gasteiger partial charge on any atom is -0.370 e. The molecule has 0 spiro atoms. The molecule has 2 aromatic rings. The second-order valence-corrected chi connectivity index (χ2v) is 6.21. The molecule has 0 saturated carbocycles. The van der Waals surface area contributed by atoms with Crippen molar-refractivity contribution in [3.05, 3.63) is 65.2 Å². The van der Waals surface area contributed by atoms with Crippen LogP contribution in [0.4, 0.5) is 5.69 Å². The maximum absolute atomic E-state index is 12.4. The number of hydrogen-bond donors (Lipinski definition) is 2. The van der Waals surface area contributed by atoms with E-state index in [1.807, 2.05) is 35.2 Å². The Labute approximate surface area is 148 Å². The van der Waals surface area contributed by atoms with Gasteiger partial charge >= 0.3 is 0 Å². The van der Waals surface area contributed by atoms with E-state index in [-0.39, 0.29) is 18.4 Å². The third-order valence-corrected chi connectivity index (χ3v) is 4.48. The van der Waals surface area contributed by atoms with Crippen LogP contribution < -0.4 is 11.1 Å². The molecule has 1 heterocycles. The van der Waals surface area contributed by atoms with Gasteiger partial charge in [0.15, 0.2) is 5.96 Å². The van der Waals surface area contributed by atoms with Gasteiger partial charge in [0.2, 0.25) is 5.91 Å². The molecule has 0 atom stereocenters. The molecular formula is C20H24N4O. The van der Waals surface area contributed by atoms with Gasteiger partial charge in [-0.1, -0.05) is 43.3 Å². The third kappa shape index (κ3) is 4.38. The zero-order chi connectivity index (χ0) is 17.6. The molecule has 3 N–H and O–H groups in total. The summed E-state index contributed by atoms with van der Waals surface area (Å²) in [6, 6.07) is 16.3. The number of carbonyl (C=O) groups is 1. The van der Waals surface area contributed by atoms with Crippen LogP contribution in [-0.4, -0.2) is 29.9 Å². The Balaban J connectivity index is 1.57. The Morgan fingerprint density at radius 2 is 2.00 bits per heavy atom. The smallest absolute Gasteiger partial charge is 0.244 e. The van der Waals surface area contributed by atoms with E-state index in [0.717, 1.165) is 25.1 Å². The van der Waals surface area contributed by atoms with Crippen molar-refractivity contribution in [1.82, 2.24) is 4.90 Å². The molecule has 0 unspecified atom stereocenters. The predicted molar refractivity (Wildman–Crippen MR) is 101 cm³/mol. The highest BCUT2D eigenvalue weighted by Crippen LogP contribution is 2.18. The topological polar surface area (TPSA) is 70.7 Å². The summed E-state index contributed by atoms with van der Waals surface area (Å²) in [5.74, 6) is 0.264. The van der Waals surface area contributed by atoms with Crippen LogP contribution in [0.1, 0.15) is 23.6 Å². The van der Waals surface area contributed by atoms with E-state index in [2.05, 4.69) is 35.4 Å². The van der Waals surface area contributed by atoms with Crippen molar-refractivity contribution in [3.8, 4) is 0 Å². The summed E-state index contributed by atoms with van der Waals surface area (Å²) in [6.45, 7) is 3.55. The average molecular weight is 336 g/mol. The first kappa shape index (κ1) is 17.0. The molecule has 0 fully saturated rings. The average Bonchev–Trinajstić information content (AvgIpc) is 2.65. The molecule has 1 amide bonds. The lowest BCUT2D eigenvalue weighted by molar-refractivity contribution is -0.130. The van der Waals surface area contributed by atoms with Crippen LogP contribution in [0.2, 0.25) is 0 Å². The van der Waals surface area contributed by atoms with Crippen LogP contribution in [-0.2, 0) is 24.2 Å². The van der Waals surface area contributed by atoms with Crippen LogP contribution in [0.25, 0.3) is 0 Å². The lowest BCUT2D eigenvalue weighted by Gasteiger charge is -2.28. The number of rotatable bonds is 4. The first-order chi connectivity index (χ1) is 12.2. The van der Waals surface area contributed by atoms with Gasteiger partial charge < -0.3 is 16.0 Å². The summed E-state index contributed by atoms with van der Waals surface area (Å²) in [4.78, 5) is 18.4. The van der Waals surface area contributed by atoms with Gasteiger partial charge in [-0.05, 0) is 41.7 Å². The normalized spacial score (nSPS) is 14.1. The maximum Gasteiger partial charge on any atom is 0.244 e. The number of nitrogens with zero attached hydrogens (tertiary/aromatic N) is 2. The fourth-order valence-corrected chi connectivity index (χ4v) is 3.02. The Morgan fingerprint density at radius 1 is 1.20 bits per heavy atom. The molecule has 2 aromatic carbocycles. The van der Waals surface area contributed by atoms with Crippen molar-refractivity contribution in [2.24, 2.45) is 10.7 Å². The molecule has 0 aliphatic carbocycles. The first-order valence-electron chi connectivity index (χ1n) is 8.66. The molecule has 0 bridgehead atoms. The second-order valence-electron chi connectivity index (χ2n) is 6.21. The summed E-state index contributed by atoms with van der Waals surface area (Å²) in [7, 11) is 0. The lowest BCUT2D eigenvalue weighted by Crippen LogP contribution is -2.38. The van der Waals surface area contributed by atoms with Gasteiger partial charge in [-0.25, -0.2) is 4.99 Å². The molecule has 1 aliphatic heterocycles. The van der Waals surface area contributed by atoms with E-state index in [0.29, 0.717) is 6.54 Å². The van der Waals surface area contributed by atoms with Crippen molar-refractivity contribution in [3.63, 3.8) is 0 Å². The fourth-order valence-electron chi connectivity index (χ4n) is 3.02. The number of aliphatic imine (C=N–C) groups is 1. The first-order valence-corrected chi connectivity index (χ1v) is 8.66. The van der Waals surface area contributed by atoms with Crippen LogP contribution in [0.3, 0.4) is 0 Å². The number of amides is 1. The number of carbonyl (C=O) groups excluding carboxylic acids is 1. The number of nitrogens with one attached hydrogen (secondary N) is 1. The summed E-state index contributed by atoms with van der Waals surface area (Å²) in [6.07, 6.45) is 1.85. The second kappa shape index (κ2) is 7.83. The highest BCUT2D eigenvalue weighted by molar-refractivity contribution is 5.94. The largest absolute Gasteiger partial charge is 0.370 e. The highest BCUT2D eigenvalue weighted by Gasteiger charge is 2.19. The zero-order valence-corrected chi connectivity index (χ0v) is 14.5. The summed E-state index contributed by atoms with van der Waals surface area (Å²) in [5.41, 5.74) is 10.6. The van der Waals surface area contributed by atoms with Crippen molar-refractivity contribution in [1.29, 1.82) is 0 Å². The molecule has 25 heavy (non-hydrogen) atoms. The molecular weight excluding hydrogens is 312 g/mol. The Hall–Kier alpha value is -2.82. The number of guanidine groups is 1. The predicted octanol–water partition coefficient (Wildman–Crippen LogP) is 2.56. The van der Waals surface area contributed by atoms with Crippen molar-refractivity contribution < 1.29 is 4.79 Å². The molecule has 5 heteroatoms. The number of anilines is 1. The van der Waals surface area contributed by atoms with E-state index in [1.165, 1.54) is 16.7 Å². The fraction of sp³-hybridized carbons (Fsp3) is 0.300. The van der Waals surface area contributed by atoms with Gasteiger partial charge in [0.1, 0.15) is 6.54 Å².